The lowest BCUT2D eigenvalue weighted by atomic mass is 9.80. The van der Waals surface area contributed by atoms with Gasteiger partial charge in [0, 0.05) is 62.7 Å². The van der Waals surface area contributed by atoms with Crippen molar-refractivity contribution in [2.75, 3.05) is 19.6 Å². The Morgan fingerprint density at radius 3 is 2.33 bits per heavy atom. The number of carbonyl (C=O) groups is 4. The average Bonchev–Trinajstić information content (AvgIpc) is 3.73. The Bertz CT molecular complexity index is 1630. The Morgan fingerprint density at radius 2 is 1.69 bits per heavy atom. The van der Waals surface area contributed by atoms with Gasteiger partial charge in [-0.3, -0.25) is 29.1 Å². The van der Waals surface area contributed by atoms with E-state index in [0.29, 0.717) is 37.7 Å². The van der Waals surface area contributed by atoms with Gasteiger partial charge in [-0.2, -0.15) is 0 Å². The SMILES string of the molecule is CC(=O)N(C(=O)[C@H](Cc1cnc[nH]1)NC(=O)[C@@H](CC(=O)N1CCC(CN)CC1)Cc1ccccc1)C(C[C@@H](O)[C@@H](O)CCc1ccccn1)C1CCCCC1. The first-order chi connectivity index (χ1) is 26.6. The van der Waals surface area contributed by atoms with Crippen LogP contribution in [0.1, 0.15) is 88.1 Å². The summed E-state index contributed by atoms with van der Waals surface area (Å²) in [6, 6.07) is 13.1. The molecule has 0 radical (unpaired) electrons. The number of hydrogen-bond acceptors (Lipinski definition) is 9. The van der Waals surface area contributed by atoms with Gasteiger partial charge in [-0.1, -0.05) is 55.7 Å². The molecule has 0 bridgehead atoms. The predicted molar refractivity (Wildman–Crippen MR) is 208 cm³/mol. The van der Waals surface area contributed by atoms with Gasteiger partial charge in [-0.15, -0.1) is 0 Å². The van der Waals surface area contributed by atoms with E-state index in [2.05, 4.69) is 20.3 Å². The highest BCUT2D eigenvalue weighted by Gasteiger charge is 2.40. The molecule has 55 heavy (non-hydrogen) atoms. The van der Waals surface area contributed by atoms with Crippen molar-refractivity contribution in [1.29, 1.82) is 0 Å². The molecule has 298 valence electrons. The van der Waals surface area contributed by atoms with Crippen molar-refractivity contribution in [2.24, 2.45) is 23.5 Å². The second kappa shape index (κ2) is 21.0. The molecule has 2 fully saturated rings. The number of piperidine rings is 1. The summed E-state index contributed by atoms with van der Waals surface area (Å²) in [6.45, 7) is 3.08. The van der Waals surface area contributed by atoms with Crippen molar-refractivity contribution in [3.05, 3.63) is 84.2 Å². The van der Waals surface area contributed by atoms with Gasteiger partial charge >= 0.3 is 0 Å². The van der Waals surface area contributed by atoms with E-state index in [4.69, 9.17) is 5.73 Å². The number of aromatic nitrogens is 3. The van der Waals surface area contributed by atoms with Gasteiger partial charge in [-0.05, 0) is 87.4 Å². The molecular weight excluding hydrogens is 699 g/mol. The molecule has 6 N–H and O–H groups in total. The lowest BCUT2D eigenvalue weighted by Crippen LogP contribution is -2.58. The minimum atomic E-state index is -1.21. The van der Waals surface area contributed by atoms with Crippen LogP contribution in [0, 0.1) is 17.8 Å². The molecule has 2 aromatic heterocycles. The molecular formula is C42H59N7O6. The maximum Gasteiger partial charge on any atom is 0.252 e. The van der Waals surface area contributed by atoms with Gasteiger partial charge in [0.25, 0.3) is 5.91 Å². The monoisotopic (exact) mass is 757 g/mol. The number of nitrogens with one attached hydrogen (secondary N) is 2. The van der Waals surface area contributed by atoms with Crippen molar-refractivity contribution in [3.63, 3.8) is 0 Å². The lowest BCUT2D eigenvalue weighted by molar-refractivity contribution is -0.152. The number of hydrogen-bond donors (Lipinski definition) is 5. The van der Waals surface area contributed by atoms with Crippen molar-refractivity contribution in [3.8, 4) is 0 Å². The number of rotatable bonds is 18. The molecule has 5 atom stereocenters. The normalized spacial score (nSPS) is 18.1. The Kier molecular flexibility index (Phi) is 15.9. The lowest BCUT2D eigenvalue weighted by Gasteiger charge is -2.40. The predicted octanol–water partition coefficient (Wildman–Crippen LogP) is 3.35. The molecule has 1 aliphatic heterocycles. The van der Waals surface area contributed by atoms with Gasteiger partial charge in [0.1, 0.15) is 6.04 Å². The number of carbonyl (C=O) groups excluding carboxylic acids is 4. The molecule has 1 saturated heterocycles. The van der Waals surface area contributed by atoms with Crippen LogP contribution in [-0.4, -0.2) is 103 Å². The first kappa shape index (κ1) is 41.7. The number of likely N-dealkylation sites (tertiary alicyclic amines) is 1. The zero-order valence-electron chi connectivity index (χ0n) is 32.1. The summed E-state index contributed by atoms with van der Waals surface area (Å²) in [4.78, 5) is 70.9. The fourth-order valence-electron chi connectivity index (χ4n) is 8.21. The highest BCUT2D eigenvalue weighted by atomic mass is 16.3. The number of aryl methyl sites for hydroxylation is 1. The number of pyridine rings is 1. The number of nitrogens with zero attached hydrogens (tertiary/aromatic N) is 4. The van der Waals surface area contributed by atoms with E-state index in [1.54, 1.807) is 17.3 Å². The van der Waals surface area contributed by atoms with E-state index in [1.165, 1.54) is 18.2 Å². The third-order valence-electron chi connectivity index (χ3n) is 11.5. The summed E-state index contributed by atoms with van der Waals surface area (Å²) in [7, 11) is 0. The zero-order chi connectivity index (χ0) is 39.2. The maximum absolute atomic E-state index is 14.8. The summed E-state index contributed by atoms with van der Waals surface area (Å²) >= 11 is 0. The summed E-state index contributed by atoms with van der Waals surface area (Å²) < 4.78 is 0. The number of aliphatic hydroxyl groups excluding tert-OH is 2. The summed E-state index contributed by atoms with van der Waals surface area (Å²) in [5, 5.41) is 25.4. The molecule has 1 saturated carbocycles. The Morgan fingerprint density at radius 1 is 0.964 bits per heavy atom. The molecule has 1 unspecified atom stereocenters. The highest BCUT2D eigenvalue weighted by Crippen LogP contribution is 2.33. The van der Waals surface area contributed by atoms with Crippen LogP contribution >= 0.6 is 0 Å². The summed E-state index contributed by atoms with van der Waals surface area (Å²) in [6.07, 6.45) is 9.46. The van der Waals surface area contributed by atoms with Crippen LogP contribution < -0.4 is 11.1 Å². The fraction of sp³-hybridized carbons (Fsp3) is 0.571. The van der Waals surface area contributed by atoms with Crippen LogP contribution in [0.2, 0.25) is 0 Å². The minimum Gasteiger partial charge on any atom is -0.390 e. The van der Waals surface area contributed by atoms with E-state index >= 15 is 0 Å². The summed E-state index contributed by atoms with van der Waals surface area (Å²) in [5.41, 5.74) is 8.14. The van der Waals surface area contributed by atoms with Crippen LogP contribution in [0.3, 0.4) is 0 Å². The van der Waals surface area contributed by atoms with Crippen LogP contribution in [0.25, 0.3) is 0 Å². The molecule has 5 rings (SSSR count). The minimum absolute atomic E-state index is 0.00389. The molecule has 3 heterocycles. The smallest absolute Gasteiger partial charge is 0.252 e. The van der Waals surface area contributed by atoms with Gasteiger partial charge < -0.3 is 31.1 Å². The third-order valence-corrected chi connectivity index (χ3v) is 11.5. The van der Waals surface area contributed by atoms with Crippen molar-refractivity contribution in [1.82, 2.24) is 30.1 Å². The van der Waals surface area contributed by atoms with Gasteiger partial charge in [0.15, 0.2) is 0 Å². The molecule has 1 aliphatic carbocycles. The van der Waals surface area contributed by atoms with E-state index in [9.17, 15) is 29.4 Å². The molecule has 13 nitrogen and oxygen atoms in total. The zero-order valence-corrected chi connectivity index (χ0v) is 32.1. The number of aromatic amines is 1. The summed E-state index contributed by atoms with van der Waals surface area (Å²) in [5.74, 6) is -2.19. The van der Waals surface area contributed by atoms with E-state index in [0.717, 1.165) is 56.2 Å². The molecule has 4 amide bonds. The largest absolute Gasteiger partial charge is 0.390 e. The molecule has 3 aromatic rings. The first-order valence-corrected chi connectivity index (χ1v) is 20.0. The fourth-order valence-corrected chi connectivity index (χ4v) is 8.21. The number of imidazole rings is 1. The van der Waals surface area contributed by atoms with Gasteiger partial charge in [-0.25, -0.2) is 4.98 Å². The van der Waals surface area contributed by atoms with Crippen LogP contribution in [0.15, 0.2) is 67.3 Å². The molecule has 1 aromatic carbocycles. The Hall–Kier alpha value is -4.46. The topological polar surface area (TPSA) is 195 Å². The average molecular weight is 758 g/mol. The quantitative estimate of drug-likeness (QED) is 0.129. The van der Waals surface area contributed by atoms with Crippen LogP contribution in [0.4, 0.5) is 0 Å². The van der Waals surface area contributed by atoms with Crippen molar-refractivity contribution in [2.45, 2.75) is 115 Å². The number of nitrogens with two attached hydrogens (primary N) is 1. The maximum atomic E-state index is 14.8. The van der Waals surface area contributed by atoms with Crippen LogP contribution in [0.5, 0.6) is 0 Å². The number of amides is 4. The number of H-pyrrole nitrogens is 1. The first-order valence-electron chi connectivity index (χ1n) is 20.0. The Labute approximate surface area is 324 Å². The number of imide groups is 1. The second-order valence-electron chi connectivity index (χ2n) is 15.4. The molecule has 2 aliphatic rings. The standard InChI is InChI=1S/C42H59N7O6/c1-29(50)49(37(32-12-6-3-7-13-32)25-39(52)38(51)16-15-34-14-8-9-19-45-34)42(55)36(24-35-27-44-28-46-35)47-41(54)33(22-30-10-4-2-5-11-30)23-40(53)48-20-17-31(26-43)18-21-48/h2,4-5,8-11,14,19,27-28,31-33,36-39,51-52H,3,6-7,12-13,15-18,20-26,43H2,1H3,(H,44,46)(H,47,54)/t33-,36+,37?,38+,39-/m1/s1. The second-order valence-corrected chi connectivity index (χ2v) is 15.4. The number of benzene rings is 1. The van der Waals surface area contributed by atoms with E-state index in [1.807, 2.05) is 48.5 Å². The van der Waals surface area contributed by atoms with Crippen LogP contribution in [-0.2, 0) is 38.4 Å². The number of aliphatic hydroxyl groups is 2. The van der Waals surface area contributed by atoms with Crippen molar-refractivity contribution < 1.29 is 29.4 Å². The van der Waals surface area contributed by atoms with Gasteiger partial charge in [0.2, 0.25) is 17.7 Å². The van der Waals surface area contributed by atoms with Crippen molar-refractivity contribution >= 4 is 23.6 Å². The van der Waals surface area contributed by atoms with E-state index in [-0.39, 0.29) is 43.9 Å². The Balaban J connectivity index is 1.38. The van der Waals surface area contributed by atoms with Gasteiger partial charge in [0.05, 0.1) is 24.5 Å². The highest BCUT2D eigenvalue weighted by molar-refractivity contribution is 5.99. The van der Waals surface area contributed by atoms with E-state index < -0.39 is 47.9 Å². The third kappa shape index (κ3) is 12.3. The molecule has 13 heteroatoms. The molecule has 0 spiro atoms.